The molecule has 1 heterocycles. The summed E-state index contributed by atoms with van der Waals surface area (Å²) in [5.41, 5.74) is 6.44. The van der Waals surface area contributed by atoms with E-state index in [1.54, 1.807) is 6.07 Å². The molecule has 1 aromatic carbocycles. The highest BCUT2D eigenvalue weighted by atomic mass is 19.1. The molecule has 2 atom stereocenters. The maximum absolute atomic E-state index is 14.1. The van der Waals surface area contributed by atoms with Crippen molar-refractivity contribution in [2.75, 3.05) is 38.1 Å². The van der Waals surface area contributed by atoms with Gasteiger partial charge in [-0.15, -0.1) is 0 Å². The minimum absolute atomic E-state index is 0.138. The van der Waals surface area contributed by atoms with Crippen LogP contribution >= 0.6 is 0 Å². The molecule has 4 heteroatoms. The standard InChI is InChI=1S/C15H24FN3/c1-12-9-18(2)11-13(7-8-17)19(10-12)15-6-4-3-5-14(15)16/h3-6,12-13H,7-11,17H2,1-2H3. The van der Waals surface area contributed by atoms with Gasteiger partial charge in [0.2, 0.25) is 0 Å². The minimum Gasteiger partial charge on any atom is -0.365 e. The van der Waals surface area contributed by atoms with Gasteiger partial charge in [0.1, 0.15) is 5.82 Å². The SMILES string of the molecule is CC1CN(C)CC(CCN)N(c2ccccc2F)C1. The number of nitrogens with zero attached hydrogens (tertiary/aromatic N) is 2. The molecule has 1 saturated heterocycles. The van der Waals surface area contributed by atoms with Crippen LogP contribution in [-0.2, 0) is 0 Å². The number of rotatable bonds is 3. The summed E-state index contributed by atoms with van der Waals surface area (Å²) in [5, 5.41) is 0. The topological polar surface area (TPSA) is 32.5 Å². The minimum atomic E-state index is -0.138. The fourth-order valence-corrected chi connectivity index (χ4v) is 3.03. The van der Waals surface area contributed by atoms with E-state index in [1.165, 1.54) is 6.07 Å². The Labute approximate surface area is 115 Å². The highest BCUT2D eigenvalue weighted by Crippen LogP contribution is 2.26. The first-order valence-corrected chi connectivity index (χ1v) is 7.01. The van der Waals surface area contributed by atoms with E-state index in [1.807, 2.05) is 12.1 Å². The van der Waals surface area contributed by atoms with E-state index >= 15 is 0 Å². The Hall–Kier alpha value is -1.13. The largest absolute Gasteiger partial charge is 0.365 e. The molecule has 2 N–H and O–H groups in total. The lowest BCUT2D eigenvalue weighted by Gasteiger charge is -2.33. The summed E-state index contributed by atoms with van der Waals surface area (Å²) in [6.45, 7) is 5.73. The lowest BCUT2D eigenvalue weighted by Crippen LogP contribution is -2.42. The molecule has 1 aliphatic heterocycles. The third-order valence-corrected chi connectivity index (χ3v) is 3.76. The maximum Gasteiger partial charge on any atom is 0.146 e. The van der Waals surface area contributed by atoms with E-state index in [2.05, 4.69) is 23.8 Å². The van der Waals surface area contributed by atoms with Gasteiger partial charge >= 0.3 is 0 Å². The van der Waals surface area contributed by atoms with Crippen LogP contribution in [0, 0.1) is 11.7 Å². The Morgan fingerprint density at radius 1 is 1.26 bits per heavy atom. The van der Waals surface area contributed by atoms with Gasteiger partial charge in [0.25, 0.3) is 0 Å². The van der Waals surface area contributed by atoms with Gasteiger partial charge in [-0.2, -0.15) is 0 Å². The second-order valence-corrected chi connectivity index (χ2v) is 5.66. The average Bonchev–Trinajstić information content (AvgIpc) is 2.49. The summed E-state index contributed by atoms with van der Waals surface area (Å²) in [7, 11) is 2.13. The molecule has 2 rings (SSSR count). The molecule has 1 aromatic rings. The van der Waals surface area contributed by atoms with Crippen LogP contribution in [0.4, 0.5) is 10.1 Å². The van der Waals surface area contributed by atoms with Gasteiger partial charge in [-0.3, -0.25) is 0 Å². The third-order valence-electron chi connectivity index (χ3n) is 3.76. The van der Waals surface area contributed by atoms with Crippen molar-refractivity contribution in [1.29, 1.82) is 0 Å². The Kier molecular flexibility index (Phi) is 4.77. The highest BCUT2D eigenvalue weighted by Gasteiger charge is 2.27. The molecule has 0 amide bonds. The number of anilines is 1. The first-order valence-electron chi connectivity index (χ1n) is 7.01. The second-order valence-electron chi connectivity index (χ2n) is 5.66. The van der Waals surface area contributed by atoms with Gasteiger partial charge in [0.15, 0.2) is 0 Å². The first-order chi connectivity index (χ1) is 9.11. The third kappa shape index (κ3) is 3.45. The zero-order valence-corrected chi connectivity index (χ0v) is 11.8. The fraction of sp³-hybridized carbons (Fsp3) is 0.600. The van der Waals surface area contributed by atoms with Crippen molar-refractivity contribution < 1.29 is 4.39 Å². The molecule has 0 saturated carbocycles. The lowest BCUT2D eigenvalue weighted by molar-refractivity contribution is 0.300. The molecule has 19 heavy (non-hydrogen) atoms. The molecule has 1 fully saturated rings. The second kappa shape index (κ2) is 6.35. The van der Waals surface area contributed by atoms with Gasteiger partial charge in [-0.05, 0) is 38.1 Å². The number of hydrogen-bond donors (Lipinski definition) is 1. The Balaban J connectivity index is 2.29. The number of likely N-dealkylation sites (N-methyl/N-ethyl adjacent to an activating group) is 1. The Morgan fingerprint density at radius 2 is 2.00 bits per heavy atom. The molecule has 0 radical (unpaired) electrons. The normalized spacial score (nSPS) is 25.4. The van der Waals surface area contributed by atoms with Crippen molar-refractivity contribution in [3.05, 3.63) is 30.1 Å². The number of nitrogens with two attached hydrogens (primary N) is 1. The van der Waals surface area contributed by atoms with Gasteiger partial charge in [0.05, 0.1) is 5.69 Å². The first kappa shape index (κ1) is 14.3. The molecule has 0 bridgehead atoms. The molecule has 3 nitrogen and oxygen atoms in total. The number of halogens is 1. The molecule has 106 valence electrons. The predicted octanol–water partition coefficient (Wildman–Crippen LogP) is 1.93. The van der Waals surface area contributed by atoms with Crippen LogP contribution in [0.2, 0.25) is 0 Å². The van der Waals surface area contributed by atoms with Crippen LogP contribution in [0.15, 0.2) is 24.3 Å². The van der Waals surface area contributed by atoms with Crippen molar-refractivity contribution >= 4 is 5.69 Å². The van der Waals surface area contributed by atoms with Crippen molar-refractivity contribution in [1.82, 2.24) is 4.90 Å². The molecule has 1 aliphatic rings. The van der Waals surface area contributed by atoms with E-state index in [4.69, 9.17) is 5.73 Å². The maximum atomic E-state index is 14.1. The summed E-state index contributed by atoms with van der Waals surface area (Å²) in [4.78, 5) is 4.53. The zero-order chi connectivity index (χ0) is 13.8. The quantitative estimate of drug-likeness (QED) is 0.906. The van der Waals surface area contributed by atoms with E-state index in [0.29, 0.717) is 18.2 Å². The molecule has 2 unspecified atom stereocenters. The molecule has 0 aromatic heterocycles. The smallest absolute Gasteiger partial charge is 0.146 e. The van der Waals surface area contributed by atoms with E-state index in [9.17, 15) is 4.39 Å². The van der Waals surface area contributed by atoms with Crippen LogP contribution in [-0.4, -0.2) is 44.2 Å². The summed E-state index contributed by atoms with van der Waals surface area (Å²) >= 11 is 0. The number of para-hydroxylation sites is 1. The highest BCUT2D eigenvalue weighted by molar-refractivity contribution is 5.49. The fourth-order valence-electron chi connectivity index (χ4n) is 3.03. The summed E-state index contributed by atoms with van der Waals surface area (Å²) in [5.74, 6) is 0.383. The van der Waals surface area contributed by atoms with Gasteiger partial charge in [-0.1, -0.05) is 19.1 Å². The van der Waals surface area contributed by atoms with Gasteiger partial charge in [0, 0.05) is 25.7 Å². The average molecular weight is 265 g/mol. The summed E-state index contributed by atoms with van der Waals surface area (Å²) < 4.78 is 14.1. The summed E-state index contributed by atoms with van der Waals surface area (Å²) in [6.07, 6.45) is 0.894. The van der Waals surface area contributed by atoms with Crippen molar-refractivity contribution in [3.63, 3.8) is 0 Å². The molecular formula is C15H24FN3. The Bertz CT molecular complexity index is 410. The van der Waals surface area contributed by atoms with E-state index in [-0.39, 0.29) is 11.9 Å². The van der Waals surface area contributed by atoms with Crippen LogP contribution in [0.3, 0.4) is 0 Å². The van der Waals surface area contributed by atoms with Crippen molar-refractivity contribution in [2.24, 2.45) is 11.7 Å². The van der Waals surface area contributed by atoms with E-state index < -0.39 is 0 Å². The van der Waals surface area contributed by atoms with Crippen LogP contribution < -0.4 is 10.6 Å². The van der Waals surface area contributed by atoms with Crippen LogP contribution in [0.5, 0.6) is 0 Å². The van der Waals surface area contributed by atoms with Crippen molar-refractivity contribution in [3.8, 4) is 0 Å². The van der Waals surface area contributed by atoms with Crippen LogP contribution in [0.25, 0.3) is 0 Å². The van der Waals surface area contributed by atoms with Crippen LogP contribution in [0.1, 0.15) is 13.3 Å². The number of hydrogen-bond acceptors (Lipinski definition) is 3. The monoisotopic (exact) mass is 265 g/mol. The van der Waals surface area contributed by atoms with Crippen molar-refractivity contribution in [2.45, 2.75) is 19.4 Å². The molecule has 0 spiro atoms. The number of benzene rings is 1. The van der Waals surface area contributed by atoms with Gasteiger partial charge < -0.3 is 15.5 Å². The molecular weight excluding hydrogens is 241 g/mol. The summed E-state index contributed by atoms with van der Waals surface area (Å²) in [6, 6.07) is 7.34. The zero-order valence-electron chi connectivity index (χ0n) is 11.8. The van der Waals surface area contributed by atoms with Gasteiger partial charge in [-0.25, -0.2) is 4.39 Å². The molecule has 0 aliphatic carbocycles. The lowest BCUT2D eigenvalue weighted by atomic mass is 10.1. The Morgan fingerprint density at radius 3 is 2.68 bits per heavy atom. The predicted molar refractivity (Wildman–Crippen MR) is 77.9 cm³/mol. The van der Waals surface area contributed by atoms with E-state index in [0.717, 1.165) is 26.1 Å².